The van der Waals surface area contributed by atoms with Gasteiger partial charge in [0, 0.05) is 24.7 Å². The Morgan fingerprint density at radius 1 is 1.41 bits per heavy atom. The van der Waals surface area contributed by atoms with Gasteiger partial charge >= 0.3 is 0 Å². The van der Waals surface area contributed by atoms with E-state index in [4.69, 9.17) is 10.5 Å². The summed E-state index contributed by atoms with van der Waals surface area (Å²) in [6, 6.07) is 0.621. The monoisotopic (exact) mass is 240 g/mol. The quantitative estimate of drug-likeness (QED) is 0.817. The molecule has 100 valence electrons. The van der Waals surface area contributed by atoms with Crippen LogP contribution in [0.25, 0.3) is 0 Å². The summed E-state index contributed by atoms with van der Waals surface area (Å²) in [5.74, 6) is 0.700. The van der Waals surface area contributed by atoms with E-state index in [2.05, 4.69) is 25.7 Å². The van der Waals surface area contributed by atoms with Crippen LogP contribution in [0.5, 0.6) is 0 Å². The number of nitrogens with two attached hydrogens (primary N) is 1. The van der Waals surface area contributed by atoms with Gasteiger partial charge in [0.2, 0.25) is 0 Å². The van der Waals surface area contributed by atoms with Crippen molar-refractivity contribution >= 4 is 0 Å². The number of hydrogen-bond acceptors (Lipinski definition) is 3. The molecule has 0 bridgehead atoms. The van der Waals surface area contributed by atoms with Crippen LogP contribution in [0.1, 0.15) is 46.5 Å². The molecular formula is C14H28N2O. The first-order chi connectivity index (χ1) is 8.07. The van der Waals surface area contributed by atoms with Crippen molar-refractivity contribution in [3.63, 3.8) is 0 Å². The molecule has 0 spiro atoms. The number of fused-ring (bicyclic) bond motifs is 1. The number of rotatable bonds is 4. The Bertz CT molecular complexity index is 257. The molecule has 1 aliphatic carbocycles. The molecule has 1 saturated heterocycles. The first-order valence-corrected chi connectivity index (χ1v) is 7.15. The first kappa shape index (κ1) is 13.3. The number of morpholine rings is 1. The molecule has 1 heterocycles. The highest BCUT2D eigenvalue weighted by atomic mass is 16.5. The fraction of sp³-hybridized carbons (Fsp3) is 1.00. The number of hydrogen-bond donors (Lipinski definition) is 1. The minimum Gasteiger partial charge on any atom is -0.375 e. The summed E-state index contributed by atoms with van der Waals surface area (Å²) in [5, 5.41) is 0. The lowest BCUT2D eigenvalue weighted by Gasteiger charge is -2.49. The molecule has 0 amide bonds. The Labute approximate surface area is 106 Å². The minimum atomic E-state index is 0.158. The second-order valence-electron chi connectivity index (χ2n) is 6.40. The zero-order valence-corrected chi connectivity index (χ0v) is 11.6. The highest BCUT2D eigenvalue weighted by Gasteiger charge is 2.43. The van der Waals surface area contributed by atoms with Crippen molar-refractivity contribution in [2.24, 2.45) is 11.7 Å². The predicted octanol–water partition coefficient (Wildman–Crippen LogP) is 2.00. The normalized spacial score (nSPS) is 33.7. The van der Waals surface area contributed by atoms with Crippen molar-refractivity contribution in [3.8, 4) is 0 Å². The van der Waals surface area contributed by atoms with Gasteiger partial charge in [-0.3, -0.25) is 4.90 Å². The van der Waals surface area contributed by atoms with Crippen LogP contribution in [0.2, 0.25) is 0 Å². The van der Waals surface area contributed by atoms with Crippen molar-refractivity contribution < 1.29 is 4.74 Å². The average Bonchev–Trinajstić information content (AvgIpc) is 2.75. The Morgan fingerprint density at radius 2 is 2.18 bits per heavy atom. The maximum absolute atomic E-state index is 6.09. The third-order valence-electron chi connectivity index (χ3n) is 4.46. The zero-order chi connectivity index (χ0) is 12.5. The average molecular weight is 240 g/mol. The van der Waals surface area contributed by atoms with Crippen LogP contribution in [0, 0.1) is 5.92 Å². The van der Waals surface area contributed by atoms with E-state index in [1.807, 2.05) is 0 Å². The summed E-state index contributed by atoms with van der Waals surface area (Å²) in [5.41, 5.74) is 6.24. The molecule has 2 aliphatic rings. The van der Waals surface area contributed by atoms with E-state index >= 15 is 0 Å². The van der Waals surface area contributed by atoms with Crippen molar-refractivity contribution in [2.45, 2.75) is 64.1 Å². The summed E-state index contributed by atoms with van der Waals surface area (Å²) in [6.45, 7) is 9.62. The maximum atomic E-state index is 6.09. The van der Waals surface area contributed by atoms with Crippen molar-refractivity contribution in [1.82, 2.24) is 4.90 Å². The molecule has 1 aliphatic heterocycles. The largest absolute Gasteiger partial charge is 0.375 e. The Balaban J connectivity index is 2.11. The molecular weight excluding hydrogens is 212 g/mol. The van der Waals surface area contributed by atoms with Crippen LogP contribution in [-0.2, 0) is 4.74 Å². The molecule has 3 atom stereocenters. The van der Waals surface area contributed by atoms with E-state index in [0.717, 1.165) is 19.7 Å². The van der Waals surface area contributed by atoms with E-state index in [1.54, 1.807) is 0 Å². The number of ether oxygens (including phenoxy) is 1. The smallest absolute Gasteiger partial charge is 0.0731 e. The molecule has 0 aromatic rings. The van der Waals surface area contributed by atoms with Gasteiger partial charge < -0.3 is 10.5 Å². The summed E-state index contributed by atoms with van der Waals surface area (Å²) < 4.78 is 5.89. The summed E-state index contributed by atoms with van der Waals surface area (Å²) in [4.78, 5) is 2.66. The predicted molar refractivity (Wildman–Crippen MR) is 71.0 cm³/mol. The van der Waals surface area contributed by atoms with Crippen LogP contribution in [0.15, 0.2) is 0 Å². The van der Waals surface area contributed by atoms with Gasteiger partial charge in [0.05, 0.1) is 12.7 Å². The van der Waals surface area contributed by atoms with E-state index in [0.29, 0.717) is 18.1 Å². The van der Waals surface area contributed by atoms with Gasteiger partial charge in [-0.15, -0.1) is 0 Å². The van der Waals surface area contributed by atoms with Crippen LogP contribution in [0.3, 0.4) is 0 Å². The maximum Gasteiger partial charge on any atom is 0.0731 e. The Kier molecular flexibility index (Phi) is 4.11. The van der Waals surface area contributed by atoms with Crippen LogP contribution < -0.4 is 5.73 Å². The molecule has 2 fully saturated rings. The van der Waals surface area contributed by atoms with Crippen LogP contribution in [-0.4, -0.2) is 42.3 Å². The molecule has 3 heteroatoms. The molecule has 0 aromatic heterocycles. The molecule has 1 saturated carbocycles. The molecule has 17 heavy (non-hydrogen) atoms. The third-order valence-corrected chi connectivity index (χ3v) is 4.46. The lowest BCUT2D eigenvalue weighted by molar-refractivity contribution is -0.0973. The van der Waals surface area contributed by atoms with Gasteiger partial charge in [0.1, 0.15) is 0 Å². The highest BCUT2D eigenvalue weighted by Crippen LogP contribution is 2.36. The standard InChI is InChI=1S/C14H28N2O/c1-11(2)9-14(3,10-15)16-7-8-17-13-6-4-5-12(13)16/h11-13H,4-10,15H2,1-3H3. The van der Waals surface area contributed by atoms with E-state index in [-0.39, 0.29) is 5.54 Å². The minimum absolute atomic E-state index is 0.158. The SMILES string of the molecule is CC(C)CC(C)(CN)N1CCOC2CCCC21. The van der Waals surface area contributed by atoms with Crippen molar-refractivity contribution in [1.29, 1.82) is 0 Å². The van der Waals surface area contributed by atoms with Gasteiger partial charge in [-0.2, -0.15) is 0 Å². The zero-order valence-electron chi connectivity index (χ0n) is 11.6. The van der Waals surface area contributed by atoms with E-state index in [1.165, 1.54) is 25.7 Å². The van der Waals surface area contributed by atoms with Gasteiger partial charge in [0.15, 0.2) is 0 Å². The van der Waals surface area contributed by atoms with Crippen molar-refractivity contribution in [3.05, 3.63) is 0 Å². The first-order valence-electron chi connectivity index (χ1n) is 7.15. The third kappa shape index (κ3) is 2.67. The molecule has 2 N–H and O–H groups in total. The molecule has 0 aromatic carbocycles. The topological polar surface area (TPSA) is 38.5 Å². The van der Waals surface area contributed by atoms with Crippen molar-refractivity contribution in [2.75, 3.05) is 19.7 Å². The lowest BCUT2D eigenvalue weighted by Crippen LogP contribution is -2.61. The molecule has 0 radical (unpaired) electrons. The molecule has 3 unspecified atom stereocenters. The fourth-order valence-corrected chi connectivity index (χ4v) is 3.79. The van der Waals surface area contributed by atoms with Crippen LogP contribution in [0.4, 0.5) is 0 Å². The second-order valence-corrected chi connectivity index (χ2v) is 6.40. The summed E-state index contributed by atoms with van der Waals surface area (Å²) in [6.07, 6.45) is 5.50. The van der Waals surface area contributed by atoms with Gasteiger partial charge in [-0.05, 0) is 38.5 Å². The summed E-state index contributed by atoms with van der Waals surface area (Å²) >= 11 is 0. The second kappa shape index (κ2) is 5.25. The summed E-state index contributed by atoms with van der Waals surface area (Å²) in [7, 11) is 0. The Hall–Kier alpha value is -0.120. The van der Waals surface area contributed by atoms with Gasteiger partial charge in [0.25, 0.3) is 0 Å². The van der Waals surface area contributed by atoms with Crippen LogP contribution >= 0.6 is 0 Å². The van der Waals surface area contributed by atoms with E-state index in [9.17, 15) is 0 Å². The van der Waals surface area contributed by atoms with Gasteiger partial charge in [-0.1, -0.05) is 13.8 Å². The lowest BCUT2D eigenvalue weighted by atomic mass is 9.86. The van der Waals surface area contributed by atoms with Gasteiger partial charge in [-0.25, -0.2) is 0 Å². The molecule has 2 rings (SSSR count). The Morgan fingerprint density at radius 3 is 2.82 bits per heavy atom. The highest BCUT2D eigenvalue weighted by molar-refractivity contribution is 4.98. The fourth-order valence-electron chi connectivity index (χ4n) is 3.79. The number of nitrogens with zero attached hydrogens (tertiary/aromatic N) is 1. The molecule has 3 nitrogen and oxygen atoms in total. The van der Waals surface area contributed by atoms with E-state index < -0.39 is 0 Å².